The minimum Gasteiger partial charge on any atom is -0.508 e. The molecule has 1 aromatic heterocycles. The SMILES string of the molecule is CC(C)OC(=O)c1c2c(nc3ccccc13)/C(=C/c1ccc(O)cc1)CC2. The molecule has 4 rings (SSSR count). The zero-order chi connectivity index (χ0) is 19.0. The highest BCUT2D eigenvalue weighted by Crippen LogP contribution is 2.38. The molecule has 0 amide bonds. The molecule has 2 aromatic carbocycles. The third-order valence-corrected chi connectivity index (χ3v) is 4.72. The van der Waals surface area contributed by atoms with E-state index in [4.69, 9.17) is 9.72 Å². The van der Waals surface area contributed by atoms with E-state index in [0.29, 0.717) is 5.56 Å². The zero-order valence-electron chi connectivity index (χ0n) is 15.4. The van der Waals surface area contributed by atoms with Gasteiger partial charge in [0.15, 0.2) is 0 Å². The van der Waals surface area contributed by atoms with Gasteiger partial charge >= 0.3 is 5.97 Å². The van der Waals surface area contributed by atoms with Crippen LogP contribution in [0.1, 0.15) is 47.4 Å². The first-order valence-electron chi connectivity index (χ1n) is 9.15. The minimum atomic E-state index is -0.286. The monoisotopic (exact) mass is 359 g/mol. The van der Waals surface area contributed by atoms with Gasteiger partial charge in [-0.2, -0.15) is 0 Å². The van der Waals surface area contributed by atoms with Crippen molar-refractivity contribution in [1.29, 1.82) is 0 Å². The van der Waals surface area contributed by atoms with Crippen molar-refractivity contribution in [2.75, 3.05) is 0 Å². The normalized spacial score (nSPS) is 14.7. The summed E-state index contributed by atoms with van der Waals surface area (Å²) in [4.78, 5) is 17.7. The van der Waals surface area contributed by atoms with E-state index in [-0.39, 0.29) is 17.8 Å². The summed E-state index contributed by atoms with van der Waals surface area (Å²) in [5.74, 6) is -0.0439. The van der Waals surface area contributed by atoms with Crippen molar-refractivity contribution in [2.45, 2.75) is 32.8 Å². The van der Waals surface area contributed by atoms with Crippen LogP contribution < -0.4 is 0 Å². The second kappa shape index (κ2) is 6.88. The van der Waals surface area contributed by atoms with Gasteiger partial charge in [0.2, 0.25) is 0 Å². The fraction of sp³-hybridized carbons (Fsp3) is 0.217. The zero-order valence-corrected chi connectivity index (χ0v) is 15.4. The molecule has 0 bridgehead atoms. The molecule has 3 aromatic rings. The molecule has 27 heavy (non-hydrogen) atoms. The summed E-state index contributed by atoms with van der Waals surface area (Å²) in [5, 5.41) is 10.3. The van der Waals surface area contributed by atoms with Crippen LogP contribution in [0.2, 0.25) is 0 Å². The summed E-state index contributed by atoms with van der Waals surface area (Å²) >= 11 is 0. The van der Waals surface area contributed by atoms with Crippen LogP contribution in [0.3, 0.4) is 0 Å². The summed E-state index contributed by atoms with van der Waals surface area (Å²) in [7, 11) is 0. The molecule has 136 valence electrons. The maximum absolute atomic E-state index is 12.8. The van der Waals surface area contributed by atoms with Gasteiger partial charge in [-0.15, -0.1) is 0 Å². The number of aromatic nitrogens is 1. The van der Waals surface area contributed by atoms with E-state index >= 15 is 0 Å². The van der Waals surface area contributed by atoms with Crippen LogP contribution in [-0.2, 0) is 11.2 Å². The number of para-hydroxylation sites is 1. The highest BCUT2D eigenvalue weighted by molar-refractivity contribution is 6.07. The number of phenolic OH excluding ortho intramolecular Hbond substituents is 1. The van der Waals surface area contributed by atoms with Crippen LogP contribution in [0.4, 0.5) is 0 Å². The molecule has 4 heteroatoms. The summed E-state index contributed by atoms with van der Waals surface area (Å²) in [5.41, 5.74) is 5.36. The second-order valence-corrected chi connectivity index (χ2v) is 7.05. The molecule has 0 saturated heterocycles. The number of aromatic hydroxyl groups is 1. The van der Waals surface area contributed by atoms with Gasteiger partial charge in [-0.25, -0.2) is 9.78 Å². The van der Waals surface area contributed by atoms with Crippen LogP contribution in [0.25, 0.3) is 22.6 Å². The largest absolute Gasteiger partial charge is 0.508 e. The molecule has 0 atom stereocenters. The summed E-state index contributed by atoms with van der Waals surface area (Å²) in [6.45, 7) is 3.72. The number of esters is 1. The van der Waals surface area contributed by atoms with Crippen LogP contribution in [0.15, 0.2) is 48.5 Å². The Kier molecular flexibility index (Phi) is 4.40. The molecule has 0 spiro atoms. The van der Waals surface area contributed by atoms with Gasteiger partial charge in [-0.1, -0.05) is 30.3 Å². The molecule has 1 aliphatic rings. The van der Waals surface area contributed by atoms with Crippen LogP contribution in [0, 0.1) is 0 Å². The first-order chi connectivity index (χ1) is 13.0. The summed E-state index contributed by atoms with van der Waals surface area (Å²) in [6, 6.07) is 14.8. The second-order valence-electron chi connectivity index (χ2n) is 7.05. The fourth-order valence-corrected chi connectivity index (χ4v) is 3.56. The Balaban J connectivity index is 1.87. The van der Waals surface area contributed by atoms with E-state index in [1.165, 1.54) is 0 Å². The maximum Gasteiger partial charge on any atom is 0.339 e. The number of fused-ring (bicyclic) bond motifs is 2. The van der Waals surface area contributed by atoms with Crippen molar-refractivity contribution in [2.24, 2.45) is 0 Å². The van der Waals surface area contributed by atoms with Gasteiger partial charge < -0.3 is 9.84 Å². The number of rotatable bonds is 3. The van der Waals surface area contributed by atoms with E-state index < -0.39 is 0 Å². The molecule has 1 N–H and O–H groups in total. The van der Waals surface area contributed by atoms with Crippen molar-refractivity contribution in [1.82, 2.24) is 4.98 Å². The number of carbonyl (C=O) groups is 1. The average Bonchev–Trinajstić information content (AvgIpc) is 3.03. The molecule has 1 aliphatic carbocycles. The van der Waals surface area contributed by atoms with Gasteiger partial charge in [0.25, 0.3) is 0 Å². The summed E-state index contributed by atoms with van der Waals surface area (Å²) < 4.78 is 5.52. The first-order valence-corrected chi connectivity index (χ1v) is 9.15. The standard InChI is InChI=1S/C23H21NO3/c1-14(2)27-23(26)21-18-5-3-4-6-20(18)24-22-16(9-12-19(21)22)13-15-7-10-17(25)11-8-15/h3-8,10-11,13-14,25H,9,12H2,1-2H3/b16-13+. The Morgan fingerprint density at radius 2 is 1.85 bits per heavy atom. The van der Waals surface area contributed by atoms with Gasteiger partial charge in [-0.05, 0) is 67.7 Å². The number of phenols is 1. The molecule has 0 unspecified atom stereocenters. The quantitative estimate of drug-likeness (QED) is 0.669. The maximum atomic E-state index is 12.8. The lowest BCUT2D eigenvalue weighted by Crippen LogP contribution is -2.14. The summed E-state index contributed by atoms with van der Waals surface area (Å²) in [6.07, 6.45) is 3.49. The van der Waals surface area contributed by atoms with Gasteiger partial charge in [0.1, 0.15) is 5.75 Å². The Bertz CT molecular complexity index is 1050. The van der Waals surface area contributed by atoms with Crippen LogP contribution >= 0.6 is 0 Å². The van der Waals surface area contributed by atoms with Gasteiger partial charge in [0, 0.05) is 5.39 Å². The number of nitrogens with zero attached hydrogens (tertiary/aromatic N) is 1. The minimum absolute atomic E-state index is 0.173. The first kappa shape index (κ1) is 17.3. The predicted molar refractivity (Wildman–Crippen MR) is 107 cm³/mol. The third kappa shape index (κ3) is 3.31. The van der Waals surface area contributed by atoms with Gasteiger partial charge in [-0.3, -0.25) is 0 Å². The number of allylic oxidation sites excluding steroid dienone is 1. The van der Waals surface area contributed by atoms with Crippen LogP contribution in [-0.4, -0.2) is 22.2 Å². The highest BCUT2D eigenvalue weighted by Gasteiger charge is 2.27. The van der Waals surface area contributed by atoms with E-state index in [9.17, 15) is 9.90 Å². The van der Waals surface area contributed by atoms with E-state index in [1.807, 2.05) is 50.2 Å². The molecular weight excluding hydrogens is 338 g/mol. The van der Waals surface area contributed by atoms with Crippen molar-refractivity contribution in [3.8, 4) is 5.75 Å². The van der Waals surface area contributed by atoms with E-state index in [0.717, 1.165) is 46.1 Å². The number of hydrogen-bond donors (Lipinski definition) is 1. The molecule has 0 aliphatic heterocycles. The lowest BCUT2D eigenvalue weighted by Gasteiger charge is -2.14. The number of hydrogen-bond acceptors (Lipinski definition) is 4. The highest BCUT2D eigenvalue weighted by atomic mass is 16.5. The van der Waals surface area contributed by atoms with Crippen molar-refractivity contribution in [3.05, 3.63) is 70.9 Å². The van der Waals surface area contributed by atoms with Crippen molar-refractivity contribution >= 4 is 28.5 Å². The molecule has 0 saturated carbocycles. The third-order valence-electron chi connectivity index (χ3n) is 4.72. The number of pyridine rings is 1. The number of carbonyl (C=O) groups excluding carboxylic acids is 1. The number of benzene rings is 2. The average molecular weight is 359 g/mol. The molecule has 0 radical (unpaired) electrons. The lowest BCUT2D eigenvalue weighted by molar-refractivity contribution is 0.0379. The molecule has 1 heterocycles. The fourth-order valence-electron chi connectivity index (χ4n) is 3.56. The predicted octanol–water partition coefficient (Wildman–Crippen LogP) is 4.99. The number of ether oxygens (including phenoxy) is 1. The van der Waals surface area contributed by atoms with E-state index in [2.05, 4.69) is 6.08 Å². The van der Waals surface area contributed by atoms with Crippen molar-refractivity contribution in [3.63, 3.8) is 0 Å². The Morgan fingerprint density at radius 1 is 1.11 bits per heavy atom. The Labute approximate surface area is 158 Å². The van der Waals surface area contributed by atoms with Crippen molar-refractivity contribution < 1.29 is 14.6 Å². The molecule has 4 nitrogen and oxygen atoms in total. The lowest BCUT2D eigenvalue weighted by atomic mass is 10.0. The Hall–Kier alpha value is -3.14. The van der Waals surface area contributed by atoms with Gasteiger partial charge in [0.05, 0.1) is 22.9 Å². The van der Waals surface area contributed by atoms with E-state index in [1.54, 1.807) is 12.1 Å². The topological polar surface area (TPSA) is 59.4 Å². The molecular formula is C23H21NO3. The smallest absolute Gasteiger partial charge is 0.339 e. The molecule has 0 fully saturated rings. The van der Waals surface area contributed by atoms with Crippen LogP contribution in [0.5, 0.6) is 5.75 Å². The Morgan fingerprint density at radius 3 is 2.59 bits per heavy atom.